The fourth-order valence-corrected chi connectivity index (χ4v) is 2.80. The van der Waals surface area contributed by atoms with Gasteiger partial charge in [0.1, 0.15) is 12.2 Å². The van der Waals surface area contributed by atoms with Crippen LogP contribution in [0.25, 0.3) is 0 Å². The highest BCUT2D eigenvalue weighted by atomic mass is 32.2. The van der Waals surface area contributed by atoms with Crippen molar-refractivity contribution in [1.82, 2.24) is 19.9 Å². The van der Waals surface area contributed by atoms with Gasteiger partial charge in [0, 0.05) is 12.1 Å². The molecule has 0 radical (unpaired) electrons. The predicted molar refractivity (Wildman–Crippen MR) is 68.2 cm³/mol. The predicted octanol–water partition coefficient (Wildman–Crippen LogP) is 0.500. The molecule has 2 aromatic rings. The number of non-ortho nitro benzene ring substituents is 1. The molecule has 0 aliphatic carbocycles. The first kappa shape index (κ1) is 14.1. The zero-order valence-electron chi connectivity index (χ0n) is 10.4. The normalized spacial score (nSPS) is 11.4. The molecule has 106 valence electrons. The Labute approximate surface area is 114 Å². The lowest BCUT2D eigenvalue weighted by Crippen LogP contribution is -2.24. The van der Waals surface area contributed by atoms with E-state index in [2.05, 4.69) is 19.9 Å². The Morgan fingerprint density at radius 3 is 2.80 bits per heavy atom. The van der Waals surface area contributed by atoms with Gasteiger partial charge in [-0.25, -0.2) is 18.1 Å². The maximum atomic E-state index is 12.1. The molecule has 0 aliphatic rings. The number of nitro benzene ring substituents is 1. The van der Waals surface area contributed by atoms with Gasteiger partial charge in [-0.05, 0) is 12.5 Å². The number of rotatable bonds is 5. The Morgan fingerprint density at radius 1 is 1.45 bits per heavy atom. The summed E-state index contributed by atoms with van der Waals surface area (Å²) in [7, 11) is -3.87. The summed E-state index contributed by atoms with van der Waals surface area (Å²) in [5, 5.41) is 16.8. The molecule has 0 saturated heterocycles. The first-order chi connectivity index (χ1) is 9.40. The largest absolute Gasteiger partial charge is 0.270 e. The lowest BCUT2D eigenvalue weighted by Gasteiger charge is -2.08. The third-order valence-corrected chi connectivity index (χ3v) is 4.11. The molecule has 0 aliphatic heterocycles. The SMILES string of the molecule is Cc1ccc([N+](=O)[O-])cc1S(=O)(=O)NCc1ncn[nH]1. The molecule has 20 heavy (non-hydrogen) atoms. The molecule has 0 saturated carbocycles. The quantitative estimate of drug-likeness (QED) is 0.610. The van der Waals surface area contributed by atoms with Crippen LogP contribution >= 0.6 is 0 Å². The van der Waals surface area contributed by atoms with Gasteiger partial charge in [-0.1, -0.05) is 6.07 Å². The number of aromatic nitrogens is 3. The van der Waals surface area contributed by atoms with Crippen molar-refractivity contribution in [1.29, 1.82) is 0 Å². The molecule has 0 atom stereocenters. The number of nitro groups is 1. The first-order valence-corrected chi connectivity index (χ1v) is 6.97. The average molecular weight is 297 g/mol. The fourth-order valence-electron chi connectivity index (χ4n) is 1.55. The highest BCUT2D eigenvalue weighted by molar-refractivity contribution is 7.89. The molecule has 0 fully saturated rings. The molecule has 0 unspecified atom stereocenters. The Kier molecular flexibility index (Phi) is 3.77. The van der Waals surface area contributed by atoms with Crippen molar-refractivity contribution in [2.75, 3.05) is 0 Å². The van der Waals surface area contributed by atoms with E-state index in [1.807, 2.05) is 0 Å². The molecule has 1 heterocycles. The molecule has 10 heteroatoms. The van der Waals surface area contributed by atoms with E-state index >= 15 is 0 Å². The summed E-state index contributed by atoms with van der Waals surface area (Å²) in [5.41, 5.74) is 0.135. The van der Waals surface area contributed by atoms with Crippen LogP contribution in [-0.2, 0) is 16.6 Å². The Bertz CT molecular complexity index is 726. The molecule has 0 bridgehead atoms. The number of nitrogens with zero attached hydrogens (tertiary/aromatic N) is 3. The Balaban J connectivity index is 2.28. The minimum atomic E-state index is -3.87. The van der Waals surface area contributed by atoms with Gasteiger partial charge in [0.25, 0.3) is 5.69 Å². The van der Waals surface area contributed by atoms with Crippen molar-refractivity contribution in [2.45, 2.75) is 18.4 Å². The Morgan fingerprint density at radius 2 is 2.20 bits per heavy atom. The zero-order valence-corrected chi connectivity index (χ0v) is 11.2. The molecule has 0 spiro atoms. The maximum absolute atomic E-state index is 12.1. The highest BCUT2D eigenvalue weighted by Gasteiger charge is 2.20. The number of hydrogen-bond donors (Lipinski definition) is 2. The standard InChI is InChI=1S/C10H11N5O4S/c1-7-2-3-8(15(16)17)4-9(7)20(18,19)13-5-10-11-6-12-14-10/h2-4,6,13H,5H2,1H3,(H,11,12,14). The van der Waals surface area contributed by atoms with Gasteiger partial charge < -0.3 is 0 Å². The summed E-state index contributed by atoms with van der Waals surface area (Å²) in [4.78, 5) is 13.7. The van der Waals surface area contributed by atoms with Gasteiger partial charge in [0.15, 0.2) is 0 Å². The van der Waals surface area contributed by atoms with Crippen molar-refractivity contribution in [3.8, 4) is 0 Å². The smallest absolute Gasteiger partial charge is 0.262 e. The number of nitrogens with one attached hydrogen (secondary N) is 2. The van der Waals surface area contributed by atoms with E-state index in [0.717, 1.165) is 6.07 Å². The van der Waals surface area contributed by atoms with Crippen LogP contribution in [0.1, 0.15) is 11.4 Å². The van der Waals surface area contributed by atoms with Crippen molar-refractivity contribution in [3.05, 3.63) is 46.0 Å². The number of H-pyrrole nitrogens is 1. The third kappa shape index (κ3) is 2.97. The topological polar surface area (TPSA) is 131 Å². The lowest BCUT2D eigenvalue weighted by atomic mass is 10.2. The molecular formula is C10H11N5O4S. The molecule has 2 N–H and O–H groups in total. The van der Waals surface area contributed by atoms with E-state index in [1.54, 1.807) is 6.92 Å². The highest BCUT2D eigenvalue weighted by Crippen LogP contribution is 2.21. The molecule has 1 aromatic carbocycles. The summed E-state index contributed by atoms with van der Waals surface area (Å²) in [6.07, 6.45) is 1.25. The van der Waals surface area contributed by atoms with E-state index in [4.69, 9.17) is 0 Å². The minimum absolute atomic E-state index is 0.0789. The second-order valence-corrected chi connectivity index (χ2v) is 5.70. The van der Waals surface area contributed by atoms with E-state index < -0.39 is 14.9 Å². The lowest BCUT2D eigenvalue weighted by molar-refractivity contribution is -0.385. The average Bonchev–Trinajstić information content (AvgIpc) is 2.89. The van der Waals surface area contributed by atoms with Crippen molar-refractivity contribution in [2.24, 2.45) is 0 Å². The van der Waals surface area contributed by atoms with Gasteiger partial charge in [0.05, 0.1) is 16.4 Å². The van der Waals surface area contributed by atoms with Crippen LogP contribution in [0.4, 0.5) is 5.69 Å². The van der Waals surface area contributed by atoms with Crippen LogP contribution in [0.5, 0.6) is 0 Å². The molecular weight excluding hydrogens is 286 g/mol. The van der Waals surface area contributed by atoms with Crippen molar-refractivity contribution in [3.63, 3.8) is 0 Å². The third-order valence-electron chi connectivity index (χ3n) is 2.57. The van der Waals surface area contributed by atoms with E-state index in [-0.39, 0.29) is 17.1 Å². The number of sulfonamides is 1. The first-order valence-electron chi connectivity index (χ1n) is 5.49. The van der Waals surface area contributed by atoms with Crippen LogP contribution in [0, 0.1) is 17.0 Å². The van der Waals surface area contributed by atoms with E-state index in [1.165, 1.54) is 18.5 Å². The van der Waals surface area contributed by atoms with Crippen LogP contribution in [0.2, 0.25) is 0 Å². The second kappa shape index (κ2) is 5.35. The summed E-state index contributed by atoms with van der Waals surface area (Å²) >= 11 is 0. The van der Waals surface area contributed by atoms with E-state index in [9.17, 15) is 18.5 Å². The number of aryl methyl sites for hydroxylation is 1. The maximum Gasteiger partial charge on any atom is 0.270 e. The summed E-state index contributed by atoms with van der Waals surface area (Å²) in [5.74, 6) is 0.344. The molecule has 2 rings (SSSR count). The molecule has 9 nitrogen and oxygen atoms in total. The van der Waals surface area contributed by atoms with Crippen molar-refractivity contribution < 1.29 is 13.3 Å². The number of hydrogen-bond acceptors (Lipinski definition) is 6. The van der Waals surface area contributed by atoms with Crippen LogP contribution in [-0.4, -0.2) is 28.5 Å². The summed E-state index contributed by atoms with van der Waals surface area (Å²) < 4.78 is 26.6. The minimum Gasteiger partial charge on any atom is -0.262 e. The van der Waals surface area contributed by atoms with Gasteiger partial charge in [-0.15, -0.1) is 0 Å². The zero-order chi connectivity index (χ0) is 14.8. The van der Waals surface area contributed by atoms with Crippen LogP contribution in [0.3, 0.4) is 0 Å². The Hall–Kier alpha value is -2.33. The second-order valence-electron chi connectivity index (χ2n) is 3.96. The fraction of sp³-hybridized carbons (Fsp3) is 0.200. The molecule has 0 amide bonds. The number of aromatic amines is 1. The van der Waals surface area contributed by atoms with Crippen LogP contribution < -0.4 is 4.72 Å². The van der Waals surface area contributed by atoms with Gasteiger partial charge >= 0.3 is 0 Å². The van der Waals surface area contributed by atoms with E-state index in [0.29, 0.717) is 11.4 Å². The summed E-state index contributed by atoms with van der Waals surface area (Å²) in [6.45, 7) is 1.48. The monoisotopic (exact) mass is 297 g/mol. The van der Waals surface area contributed by atoms with Gasteiger partial charge in [-0.2, -0.15) is 5.10 Å². The van der Waals surface area contributed by atoms with Crippen molar-refractivity contribution >= 4 is 15.7 Å². The van der Waals surface area contributed by atoms with Gasteiger partial charge in [0.2, 0.25) is 10.0 Å². The number of benzene rings is 1. The summed E-state index contributed by atoms with van der Waals surface area (Å²) in [6, 6.07) is 3.67. The van der Waals surface area contributed by atoms with Crippen LogP contribution in [0.15, 0.2) is 29.4 Å². The molecule has 1 aromatic heterocycles. The van der Waals surface area contributed by atoms with Gasteiger partial charge in [-0.3, -0.25) is 15.2 Å².